The van der Waals surface area contributed by atoms with Crippen LogP contribution in [0.15, 0.2) is 17.0 Å². The fraction of sp³-hybridized carbons (Fsp3) is 0.400. The minimum atomic E-state index is -3.96. The Hall–Kier alpha value is -1.21. The maximum atomic E-state index is 13.4. The van der Waals surface area contributed by atoms with Crippen LogP contribution < -0.4 is 5.73 Å². The summed E-state index contributed by atoms with van der Waals surface area (Å²) in [6.07, 6.45) is 0.591. The third-order valence-corrected chi connectivity index (χ3v) is 4.15. The van der Waals surface area contributed by atoms with Crippen LogP contribution in [0.4, 0.5) is 14.5 Å². The molecule has 0 saturated heterocycles. The number of sulfonamides is 1. The molecule has 1 aromatic rings. The predicted molar refractivity (Wildman–Crippen MR) is 60.9 cm³/mol. The number of hydrogen-bond acceptors (Lipinski definition) is 3. The molecule has 0 aromatic heterocycles. The van der Waals surface area contributed by atoms with Crippen LogP contribution in [0.5, 0.6) is 0 Å². The van der Waals surface area contributed by atoms with Gasteiger partial charge in [0.15, 0.2) is 0 Å². The van der Waals surface area contributed by atoms with Gasteiger partial charge in [-0.1, -0.05) is 6.92 Å². The van der Waals surface area contributed by atoms with Crippen LogP contribution in [0.3, 0.4) is 0 Å². The summed E-state index contributed by atoms with van der Waals surface area (Å²) >= 11 is 0. The molecule has 7 heteroatoms. The number of halogens is 2. The molecule has 4 nitrogen and oxygen atoms in total. The highest BCUT2D eigenvalue weighted by Gasteiger charge is 2.25. The molecule has 0 amide bonds. The molecule has 2 N–H and O–H groups in total. The second kappa shape index (κ2) is 4.97. The van der Waals surface area contributed by atoms with Gasteiger partial charge in [-0.3, -0.25) is 0 Å². The van der Waals surface area contributed by atoms with Gasteiger partial charge in [-0.2, -0.15) is 0 Å². The molecular formula is C10H14F2N2O2S. The van der Waals surface area contributed by atoms with E-state index < -0.39 is 32.2 Å². The largest absolute Gasteiger partial charge is 0.396 e. The monoisotopic (exact) mass is 264 g/mol. The van der Waals surface area contributed by atoms with E-state index in [9.17, 15) is 17.2 Å². The Morgan fingerprint density at radius 2 is 1.88 bits per heavy atom. The minimum absolute atomic E-state index is 0.249. The first kappa shape index (κ1) is 13.9. The van der Waals surface area contributed by atoms with E-state index in [0.717, 1.165) is 10.4 Å². The average Bonchev–Trinajstić information content (AvgIpc) is 2.23. The Bertz CT molecular complexity index is 517. The van der Waals surface area contributed by atoms with Crippen LogP contribution in [0, 0.1) is 11.6 Å². The van der Waals surface area contributed by atoms with Crippen molar-refractivity contribution in [3.8, 4) is 0 Å². The van der Waals surface area contributed by atoms with Crippen molar-refractivity contribution in [3.63, 3.8) is 0 Å². The van der Waals surface area contributed by atoms with Gasteiger partial charge in [0.1, 0.15) is 16.5 Å². The van der Waals surface area contributed by atoms with Crippen molar-refractivity contribution in [1.82, 2.24) is 4.31 Å². The summed E-state index contributed by atoms with van der Waals surface area (Å²) in [5.41, 5.74) is 4.84. The molecule has 17 heavy (non-hydrogen) atoms. The Morgan fingerprint density at radius 1 is 1.29 bits per heavy atom. The van der Waals surface area contributed by atoms with E-state index in [1.54, 1.807) is 6.92 Å². The normalized spacial score (nSPS) is 12.1. The highest BCUT2D eigenvalue weighted by atomic mass is 32.2. The lowest BCUT2D eigenvalue weighted by molar-refractivity contribution is 0.460. The van der Waals surface area contributed by atoms with Crippen molar-refractivity contribution in [3.05, 3.63) is 23.8 Å². The first-order valence-corrected chi connectivity index (χ1v) is 6.45. The average molecular weight is 264 g/mol. The van der Waals surface area contributed by atoms with Gasteiger partial charge < -0.3 is 5.73 Å². The van der Waals surface area contributed by atoms with E-state index in [-0.39, 0.29) is 6.54 Å². The lowest BCUT2D eigenvalue weighted by Crippen LogP contribution is -2.28. The molecule has 0 aliphatic heterocycles. The van der Waals surface area contributed by atoms with Gasteiger partial charge in [0, 0.05) is 19.7 Å². The number of nitrogen functional groups attached to an aromatic ring is 1. The zero-order chi connectivity index (χ0) is 13.2. The van der Waals surface area contributed by atoms with Crippen LogP contribution in [-0.2, 0) is 10.0 Å². The standard InChI is InChI=1S/C10H14F2N2O2S/c1-3-4-14(2)17(15,16)10-6-9(13)7(11)5-8(10)12/h5-6H,3-4,13H2,1-2H3. The molecule has 0 spiro atoms. The first-order valence-electron chi connectivity index (χ1n) is 5.01. The first-order chi connectivity index (χ1) is 7.80. The van der Waals surface area contributed by atoms with E-state index in [1.165, 1.54) is 7.05 Å². The number of nitrogens with zero attached hydrogens (tertiary/aromatic N) is 1. The zero-order valence-electron chi connectivity index (χ0n) is 9.57. The maximum Gasteiger partial charge on any atom is 0.245 e. The topological polar surface area (TPSA) is 63.4 Å². The lowest BCUT2D eigenvalue weighted by Gasteiger charge is -2.17. The number of anilines is 1. The van der Waals surface area contributed by atoms with Crippen molar-refractivity contribution in [2.75, 3.05) is 19.3 Å². The fourth-order valence-electron chi connectivity index (χ4n) is 1.35. The zero-order valence-corrected chi connectivity index (χ0v) is 10.4. The fourth-order valence-corrected chi connectivity index (χ4v) is 2.69. The predicted octanol–water partition coefficient (Wildman–Crippen LogP) is 1.58. The minimum Gasteiger partial charge on any atom is -0.396 e. The van der Waals surface area contributed by atoms with Crippen LogP contribution in [0.1, 0.15) is 13.3 Å². The van der Waals surface area contributed by atoms with E-state index in [4.69, 9.17) is 5.73 Å². The summed E-state index contributed by atoms with van der Waals surface area (Å²) in [6, 6.07) is 1.27. The van der Waals surface area contributed by atoms with Crippen LogP contribution in [0.2, 0.25) is 0 Å². The molecule has 0 bridgehead atoms. The van der Waals surface area contributed by atoms with Gasteiger partial charge in [0.25, 0.3) is 0 Å². The van der Waals surface area contributed by atoms with E-state index in [1.807, 2.05) is 0 Å². The SMILES string of the molecule is CCCN(C)S(=O)(=O)c1cc(N)c(F)cc1F. The molecule has 0 atom stereocenters. The van der Waals surface area contributed by atoms with Gasteiger partial charge in [-0.15, -0.1) is 0 Å². The lowest BCUT2D eigenvalue weighted by atomic mass is 10.3. The Balaban J connectivity index is 3.29. The summed E-state index contributed by atoms with van der Waals surface area (Å²) in [5.74, 6) is -2.11. The van der Waals surface area contributed by atoms with Crippen LogP contribution in [0.25, 0.3) is 0 Å². The van der Waals surface area contributed by atoms with E-state index >= 15 is 0 Å². The number of rotatable bonds is 4. The van der Waals surface area contributed by atoms with Crippen LogP contribution >= 0.6 is 0 Å². The maximum absolute atomic E-state index is 13.4. The van der Waals surface area contributed by atoms with Crippen molar-refractivity contribution < 1.29 is 17.2 Å². The van der Waals surface area contributed by atoms with Gasteiger partial charge in [0.05, 0.1) is 5.69 Å². The van der Waals surface area contributed by atoms with Crippen molar-refractivity contribution >= 4 is 15.7 Å². The smallest absolute Gasteiger partial charge is 0.245 e. The van der Waals surface area contributed by atoms with Gasteiger partial charge in [-0.25, -0.2) is 21.5 Å². The molecule has 0 fully saturated rings. The van der Waals surface area contributed by atoms with Crippen molar-refractivity contribution in [1.29, 1.82) is 0 Å². The third kappa shape index (κ3) is 2.73. The Kier molecular flexibility index (Phi) is 4.05. The van der Waals surface area contributed by atoms with E-state index in [2.05, 4.69) is 0 Å². The molecule has 1 aromatic carbocycles. The summed E-state index contributed by atoms with van der Waals surface area (Å²) < 4.78 is 51.2. The second-order valence-electron chi connectivity index (χ2n) is 3.63. The molecule has 0 radical (unpaired) electrons. The molecule has 0 aliphatic carbocycles. The van der Waals surface area contributed by atoms with Crippen molar-refractivity contribution in [2.45, 2.75) is 18.2 Å². The molecule has 0 unspecified atom stereocenters. The summed E-state index contributed by atoms with van der Waals surface area (Å²) in [4.78, 5) is -0.604. The van der Waals surface area contributed by atoms with Crippen LogP contribution in [-0.4, -0.2) is 26.3 Å². The van der Waals surface area contributed by atoms with Gasteiger partial charge in [-0.05, 0) is 12.5 Å². The molecule has 1 rings (SSSR count). The molecular weight excluding hydrogens is 250 g/mol. The third-order valence-electron chi connectivity index (χ3n) is 2.28. The molecule has 0 aliphatic rings. The van der Waals surface area contributed by atoms with E-state index in [0.29, 0.717) is 12.5 Å². The highest BCUT2D eigenvalue weighted by molar-refractivity contribution is 7.89. The summed E-state index contributed by atoms with van der Waals surface area (Å²) in [6.45, 7) is 2.04. The summed E-state index contributed by atoms with van der Waals surface area (Å²) in [7, 11) is -2.63. The highest BCUT2D eigenvalue weighted by Crippen LogP contribution is 2.23. The molecule has 96 valence electrons. The number of nitrogens with two attached hydrogens (primary N) is 1. The number of benzene rings is 1. The quantitative estimate of drug-likeness (QED) is 0.840. The second-order valence-corrected chi connectivity index (χ2v) is 5.64. The van der Waals surface area contributed by atoms with Crippen molar-refractivity contribution in [2.24, 2.45) is 0 Å². The summed E-state index contributed by atoms with van der Waals surface area (Å²) in [5, 5.41) is 0. The number of hydrogen-bond donors (Lipinski definition) is 1. The van der Waals surface area contributed by atoms with Gasteiger partial charge >= 0.3 is 0 Å². The Labute approximate surface area is 99.1 Å². The Morgan fingerprint density at radius 3 is 2.41 bits per heavy atom. The molecule has 0 heterocycles. The molecule has 0 saturated carbocycles. The van der Waals surface area contributed by atoms with Gasteiger partial charge in [0.2, 0.25) is 10.0 Å².